The third-order valence-corrected chi connectivity index (χ3v) is 5.66. The number of carbonyl (C=O) groups is 2. The number of rotatable bonds is 5. The molecule has 0 aliphatic heterocycles. The Bertz CT molecular complexity index is 969. The number of halogens is 1. The smallest absolute Gasteiger partial charge is 0.253 e. The van der Waals surface area contributed by atoms with Crippen molar-refractivity contribution in [2.24, 2.45) is 0 Å². The number of thiocarbonyl (C=S) groups is 1. The summed E-state index contributed by atoms with van der Waals surface area (Å²) in [6.45, 7) is 0. The molecule has 2 amide bonds. The van der Waals surface area contributed by atoms with Crippen LogP contribution >= 0.6 is 12.2 Å². The Balaban J connectivity index is 1.64. The quantitative estimate of drug-likeness (QED) is 0.534. The first-order chi connectivity index (χ1) is 14.9. The van der Waals surface area contributed by atoms with Crippen molar-refractivity contribution in [3.05, 3.63) is 71.6 Å². The second-order valence-corrected chi connectivity index (χ2v) is 7.95. The molecule has 0 aromatic heterocycles. The summed E-state index contributed by atoms with van der Waals surface area (Å²) in [5, 5.41) is 5.92. The molecule has 3 rings (SSSR count). The zero-order valence-corrected chi connectivity index (χ0v) is 18.3. The minimum atomic E-state index is -0.412. The zero-order chi connectivity index (χ0) is 22.2. The van der Waals surface area contributed by atoms with Gasteiger partial charge in [-0.15, -0.1) is 0 Å². The lowest BCUT2D eigenvalue weighted by Crippen LogP contribution is -2.41. The summed E-state index contributed by atoms with van der Waals surface area (Å²) < 4.78 is 13.0. The predicted molar refractivity (Wildman–Crippen MR) is 125 cm³/mol. The molecule has 0 bridgehead atoms. The maximum absolute atomic E-state index is 13.0. The van der Waals surface area contributed by atoms with Crippen LogP contribution in [0.3, 0.4) is 0 Å². The van der Waals surface area contributed by atoms with E-state index in [1.54, 1.807) is 48.4 Å². The van der Waals surface area contributed by atoms with Crippen LogP contribution in [0.2, 0.25) is 0 Å². The van der Waals surface area contributed by atoms with Crippen molar-refractivity contribution in [1.29, 1.82) is 0 Å². The second kappa shape index (κ2) is 10.8. The molecule has 31 heavy (non-hydrogen) atoms. The van der Waals surface area contributed by atoms with Gasteiger partial charge in [-0.25, -0.2) is 4.39 Å². The zero-order valence-electron chi connectivity index (χ0n) is 17.4. The van der Waals surface area contributed by atoms with E-state index in [0.29, 0.717) is 16.8 Å². The molecule has 2 aromatic carbocycles. The van der Waals surface area contributed by atoms with Crippen molar-refractivity contribution in [3.63, 3.8) is 0 Å². The summed E-state index contributed by atoms with van der Waals surface area (Å²) in [5.74, 6) is -0.888. The van der Waals surface area contributed by atoms with Gasteiger partial charge in [0.15, 0.2) is 5.11 Å². The lowest BCUT2D eigenvalue weighted by Gasteiger charge is -2.25. The monoisotopic (exact) mass is 439 g/mol. The molecule has 0 heterocycles. The molecule has 7 heteroatoms. The van der Waals surface area contributed by atoms with E-state index in [0.717, 1.165) is 25.7 Å². The van der Waals surface area contributed by atoms with Crippen LogP contribution in [0.15, 0.2) is 54.6 Å². The Morgan fingerprint density at radius 3 is 2.45 bits per heavy atom. The predicted octanol–water partition coefficient (Wildman–Crippen LogP) is 4.44. The van der Waals surface area contributed by atoms with E-state index in [4.69, 9.17) is 12.2 Å². The topological polar surface area (TPSA) is 61.4 Å². The summed E-state index contributed by atoms with van der Waals surface area (Å²) in [7, 11) is 1.71. The van der Waals surface area contributed by atoms with Crippen LogP contribution in [-0.4, -0.2) is 30.0 Å². The van der Waals surface area contributed by atoms with E-state index < -0.39 is 5.91 Å². The van der Waals surface area contributed by atoms with Gasteiger partial charge < -0.3 is 10.2 Å². The highest BCUT2D eigenvalue weighted by molar-refractivity contribution is 7.80. The molecule has 1 saturated carbocycles. The van der Waals surface area contributed by atoms with Crippen LogP contribution in [0.4, 0.5) is 10.1 Å². The van der Waals surface area contributed by atoms with E-state index >= 15 is 0 Å². The van der Waals surface area contributed by atoms with Gasteiger partial charge in [0.1, 0.15) is 5.82 Å². The van der Waals surface area contributed by atoms with Gasteiger partial charge in [-0.2, -0.15) is 0 Å². The van der Waals surface area contributed by atoms with Gasteiger partial charge in [0.05, 0.1) is 11.3 Å². The highest BCUT2D eigenvalue weighted by atomic mass is 32.1. The Morgan fingerprint density at radius 2 is 1.74 bits per heavy atom. The fourth-order valence-corrected chi connectivity index (χ4v) is 3.75. The summed E-state index contributed by atoms with van der Waals surface area (Å²) in [5.41, 5.74) is 1.82. The highest BCUT2D eigenvalue weighted by Gasteiger charge is 2.21. The minimum absolute atomic E-state index is 0.139. The van der Waals surface area contributed by atoms with Crippen molar-refractivity contribution in [1.82, 2.24) is 10.6 Å². The number of nitrogens with one attached hydrogen (secondary N) is 2. The normalized spacial score (nSPS) is 14.3. The molecule has 1 aliphatic carbocycles. The fraction of sp³-hybridized carbons (Fsp3) is 0.292. The number of benzene rings is 2. The molecule has 2 aromatic rings. The molecule has 0 saturated heterocycles. The van der Waals surface area contributed by atoms with Gasteiger partial charge in [0.2, 0.25) is 5.91 Å². The van der Waals surface area contributed by atoms with Gasteiger partial charge in [0.25, 0.3) is 5.91 Å². The van der Waals surface area contributed by atoms with Crippen LogP contribution in [0.1, 0.15) is 48.0 Å². The van der Waals surface area contributed by atoms with E-state index in [1.807, 2.05) is 6.07 Å². The summed E-state index contributed by atoms with van der Waals surface area (Å²) in [4.78, 5) is 26.7. The first-order valence-corrected chi connectivity index (χ1v) is 10.8. The van der Waals surface area contributed by atoms with Crippen molar-refractivity contribution in [3.8, 4) is 0 Å². The molecule has 0 radical (unpaired) electrons. The van der Waals surface area contributed by atoms with Gasteiger partial charge in [0, 0.05) is 19.2 Å². The largest absolute Gasteiger partial charge is 0.349 e. The van der Waals surface area contributed by atoms with Crippen molar-refractivity contribution < 1.29 is 14.0 Å². The fourth-order valence-electron chi connectivity index (χ4n) is 3.55. The Kier molecular flexibility index (Phi) is 7.89. The molecule has 0 spiro atoms. The number of hydrogen-bond acceptors (Lipinski definition) is 3. The Morgan fingerprint density at radius 1 is 1.06 bits per heavy atom. The third-order valence-electron chi connectivity index (χ3n) is 5.28. The Labute approximate surface area is 187 Å². The average molecular weight is 440 g/mol. The van der Waals surface area contributed by atoms with E-state index in [1.165, 1.54) is 24.6 Å². The van der Waals surface area contributed by atoms with E-state index in [2.05, 4.69) is 10.6 Å². The molecule has 5 nitrogen and oxygen atoms in total. The molecule has 1 fully saturated rings. The molecule has 1 aliphatic rings. The molecule has 2 N–H and O–H groups in total. The van der Waals surface area contributed by atoms with Crippen LogP contribution in [0.5, 0.6) is 0 Å². The number of para-hydroxylation sites is 1. The average Bonchev–Trinajstić information content (AvgIpc) is 2.79. The van der Waals surface area contributed by atoms with Crippen molar-refractivity contribution in [2.75, 3.05) is 11.9 Å². The first-order valence-electron chi connectivity index (χ1n) is 10.4. The first kappa shape index (κ1) is 22.6. The maximum Gasteiger partial charge on any atom is 0.253 e. The molecular weight excluding hydrogens is 413 g/mol. The van der Waals surface area contributed by atoms with Gasteiger partial charge >= 0.3 is 0 Å². The van der Waals surface area contributed by atoms with Crippen LogP contribution in [0, 0.1) is 5.82 Å². The minimum Gasteiger partial charge on any atom is -0.349 e. The standard InChI is InChI=1S/C24H26FN3O2S/c1-28(24(31)27-22(29)16-13-17-11-14-18(25)15-12-17)21-10-6-5-9-20(21)23(30)26-19-7-3-2-4-8-19/h5-6,9-16,19H,2-4,7-8H2,1H3,(H,26,30)(H,27,29,31)/b16-13+. The maximum atomic E-state index is 13.0. The summed E-state index contributed by atoms with van der Waals surface area (Å²) in [6, 6.07) is 13.2. The summed E-state index contributed by atoms with van der Waals surface area (Å²) >= 11 is 5.37. The lowest BCUT2D eigenvalue weighted by molar-refractivity contribution is -0.115. The SMILES string of the molecule is CN(C(=S)NC(=O)/C=C/c1ccc(F)cc1)c1ccccc1C(=O)NC1CCCCC1. The van der Waals surface area contributed by atoms with Crippen LogP contribution in [0.25, 0.3) is 6.08 Å². The van der Waals surface area contributed by atoms with Crippen molar-refractivity contribution in [2.45, 2.75) is 38.1 Å². The number of hydrogen-bond donors (Lipinski definition) is 2. The van der Waals surface area contributed by atoms with Crippen LogP contribution in [-0.2, 0) is 4.79 Å². The van der Waals surface area contributed by atoms with E-state index in [9.17, 15) is 14.0 Å². The van der Waals surface area contributed by atoms with E-state index in [-0.39, 0.29) is 22.9 Å². The van der Waals surface area contributed by atoms with Gasteiger partial charge in [-0.05, 0) is 61.0 Å². The third kappa shape index (κ3) is 6.46. The number of carbonyl (C=O) groups excluding carboxylic acids is 2. The lowest BCUT2D eigenvalue weighted by atomic mass is 9.95. The number of anilines is 1. The van der Waals surface area contributed by atoms with Gasteiger partial charge in [-0.1, -0.05) is 43.5 Å². The second-order valence-electron chi connectivity index (χ2n) is 7.56. The van der Waals surface area contributed by atoms with Crippen LogP contribution < -0.4 is 15.5 Å². The number of amides is 2. The van der Waals surface area contributed by atoms with Crippen molar-refractivity contribution >= 4 is 40.9 Å². The molecule has 0 unspecified atom stereocenters. The summed E-state index contributed by atoms with van der Waals surface area (Å²) in [6.07, 6.45) is 8.38. The Hall–Kier alpha value is -3.06. The number of nitrogens with zero attached hydrogens (tertiary/aromatic N) is 1. The molecular formula is C24H26FN3O2S. The molecule has 162 valence electrons. The molecule has 0 atom stereocenters. The van der Waals surface area contributed by atoms with Gasteiger partial charge in [-0.3, -0.25) is 14.9 Å². The highest BCUT2D eigenvalue weighted by Crippen LogP contribution is 2.22.